The summed E-state index contributed by atoms with van der Waals surface area (Å²) >= 11 is 0. The third-order valence-corrected chi connectivity index (χ3v) is 5.30. The zero-order valence-corrected chi connectivity index (χ0v) is 16.3. The van der Waals surface area contributed by atoms with Gasteiger partial charge in [0, 0.05) is 30.9 Å². The Kier molecular flexibility index (Phi) is 5.62. The highest BCUT2D eigenvalue weighted by atomic mass is 16.5. The standard InChI is InChI=1S/C21H25N5O3/c1-22-21(28)29-13-14-3-2-4-18-17(14)10-12-26(18)19-9-11-23-20(25-19)24-15-5-7-16(27)8-6-15/h2-4,9-12,15-16,27H,5-8,13H2,1H3,(H,22,28)(H,23,24,25)/t15-,16-. The molecule has 0 unspecified atom stereocenters. The minimum Gasteiger partial charge on any atom is -0.445 e. The first kappa shape index (κ1) is 19.2. The molecular weight excluding hydrogens is 370 g/mol. The Labute approximate surface area is 168 Å². The summed E-state index contributed by atoms with van der Waals surface area (Å²) in [4.78, 5) is 20.4. The molecule has 8 heteroatoms. The van der Waals surface area contributed by atoms with Gasteiger partial charge in [-0.1, -0.05) is 12.1 Å². The van der Waals surface area contributed by atoms with Crippen LogP contribution < -0.4 is 10.6 Å². The van der Waals surface area contributed by atoms with Crippen molar-refractivity contribution in [3.05, 3.63) is 48.3 Å². The van der Waals surface area contributed by atoms with Crippen LogP contribution in [0.25, 0.3) is 16.7 Å². The molecule has 8 nitrogen and oxygen atoms in total. The zero-order chi connectivity index (χ0) is 20.2. The van der Waals surface area contributed by atoms with E-state index in [-0.39, 0.29) is 18.8 Å². The number of carbonyl (C=O) groups excluding carboxylic acids is 1. The summed E-state index contributed by atoms with van der Waals surface area (Å²) < 4.78 is 7.20. The first-order valence-electron chi connectivity index (χ1n) is 9.85. The lowest BCUT2D eigenvalue weighted by atomic mass is 9.93. The molecule has 0 aliphatic heterocycles. The van der Waals surface area contributed by atoms with Crippen LogP contribution in [0.2, 0.25) is 0 Å². The van der Waals surface area contributed by atoms with E-state index >= 15 is 0 Å². The molecule has 1 saturated carbocycles. The van der Waals surface area contributed by atoms with Crippen LogP contribution in [0.3, 0.4) is 0 Å². The number of hydrogen-bond donors (Lipinski definition) is 3. The van der Waals surface area contributed by atoms with Crippen molar-refractivity contribution in [1.82, 2.24) is 19.9 Å². The van der Waals surface area contributed by atoms with E-state index in [0.717, 1.165) is 48.0 Å². The molecule has 3 N–H and O–H groups in total. The monoisotopic (exact) mass is 395 g/mol. The second-order valence-corrected chi connectivity index (χ2v) is 7.25. The van der Waals surface area contributed by atoms with Gasteiger partial charge in [0.25, 0.3) is 0 Å². The second-order valence-electron chi connectivity index (χ2n) is 7.25. The summed E-state index contributed by atoms with van der Waals surface area (Å²) in [5, 5.41) is 16.5. The molecule has 1 fully saturated rings. The van der Waals surface area contributed by atoms with E-state index in [9.17, 15) is 9.90 Å². The van der Waals surface area contributed by atoms with Crippen LogP contribution in [0.5, 0.6) is 0 Å². The van der Waals surface area contributed by atoms with Gasteiger partial charge in [-0.3, -0.25) is 0 Å². The Bertz CT molecular complexity index is 995. The lowest BCUT2D eigenvalue weighted by molar-refractivity contribution is 0.126. The molecule has 0 radical (unpaired) electrons. The highest BCUT2D eigenvalue weighted by molar-refractivity contribution is 5.85. The minimum atomic E-state index is -0.455. The van der Waals surface area contributed by atoms with Gasteiger partial charge in [-0.25, -0.2) is 9.78 Å². The Balaban J connectivity index is 1.56. The summed E-state index contributed by atoms with van der Waals surface area (Å²) in [6.07, 6.45) is 6.49. The van der Waals surface area contributed by atoms with E-state index < -0.39 is 6.09 Å². The van der Waals surface area contributed by atoms with Crippen molar-refractivity contribution in [3.63, 3.8) is 0 Å². The quantitative estimate of drug-likeness (QED) is 0.614. The fourth-order valence-electron chi connectivity index (χ4n) is 3.73. The molecule has 0 atom stereocenters. The summed E-state index contributed by atoms with van der Waals surface area (Å²) in [5.74, 6) is 1.35. The number of aliphatic hydroxyl groups excluding tert-OH is 1. The molecule has 1 amide bonds. The fourth-order valence-corrected chi connectivity index (χ4v) is 3.73. The smallest absolute Gasteiger partial charge is 0.407 e. The van der Waals surface area contributed by atoms with Gasteiger partial charge in [-0.2, -0.15) is 4.98 Å². The predicted molar refractivity (Wildman–Crippen MR) is 110 cm³/mol. The van der Waals surface area contributed by atoms with Gasteiger partial charge in [0.05, 0.1) is 11.6 Å². The Morgan fingerprint density at radius 3 is 2.86 bits per heavy atom. The molecule has 1 aromatic carbocycles. The van der Waals surface area contributed by atoms with Crippen molar-refractivity contribution in [2.24, 2.45) is 0 Å². The molecule has 152 valence electrons. The number of amides is 1. The van der Waals surface area contributed by atoms with Crippen molar-refractivity contribution in [3.8, 4) is 5.82 Å². The van der Waals surface area contributed by atoms with Crippen molar-refractivity contribution < 1.29 is 14.6 Å². The number of benzene rings is 1. The first-order chi connectivity index (χ1) is 14.1. The first-order valence-corrected chi connectivity index (χ1v) is 9.85. The highest BCUT2D eigenvalue weighted by Gasteiger charge is 2.20. The van der Waals surface area contributed by atoms with Crippen LogP contribution in [0.15, 0.2) is 42.7 Å². The highest BCUT2D eigenvalue weighted by Crippen LogP contribution is 2.25. The Morgan fingerprint density at radius 2 is 2.07 bits per heavy atom. The van der Waals surface area contributed by atoms with E-state index in [4.69, 9.17) is 4.74 Å². The number of nitrogens with one attached hydrogen (secondary N) is 2. The fraction of sp³-hybridized carbons (Fsp3) is 0.381. The number of carbonyl (C=O) groups is 1. The number of aliphatic hydroxyl groups is 1. The van der Waals surface area contributed by atoms with Gasteiger partial charge < -0.3 is 25.0 Å². The van der Waals surface area contributed by atoms with Gasteiger partial charge in [-0.05, 0) is 49.4 Å². The van der Waals surface area contributed by atoms with Crippen LogP contribution in [-0.4, -0.2) is 44.9 Å². The summed E-state index contributed by atoms with van der Waals surface area (Å²) in [6, 6.07) is 10.0. The predicted octanol–water partition coefficient (Wildman–Crippen LogP) is 2.99. The van der Waals surface area contributed by atoms with Crippen molar-refractivity contribution in [2.75, 3.05) is 12.4 Å². The Hall–Kier alpha value is -3.13. The number of rotatable bonds is 5. The molecule has 0 spiro atoms. The topological polar surface area (TPSA) is 101 Å². The molecule has 3 aromatic rings. The van der Waals surface area contributed by atoms with Gasteiger partial charge >= 0.3 is 6.09 Å². The number of anilines is 1. The average Bonchev–Trinajstić information content (AvgIpc) is 3.18. The van der Waals surface area contributed by atoms with E-state index in [1.807, 2.05) is 41.1 Å². The molecule has 0 bridgehead atoms. The summed E-state index contributed by atoms with van der Waals surface area (Å²) in [6.45, 7) is 0.200. The maximum absolute atomic E-state index is 11.4. The SMILES string of the molecule is CNC(=O)OCc1cccc2c1ccn2-c1ccnc(N[C@H]2CC[C@H](O)CC2)n1. The number of nitrogens with zero attached hydrogens (tertiary/aromatic N) is 3. The van der Waals surface area contributed by atoms with E-state index in [1.54, 1.807) is 6.20 Å². The molecular formula is C21H25N5O3. The summed E-state index contributed by atoms with van der Waals surface area (Å²) in [7, 11) is 1.54. The average molecular weight is 395 g/mol. The van der Waals surface area contributed by atoms with Gasteiger partial charge in [0.2, 0.25) is 5.95 Å². The van der Waals surface area contributed by atoms with E-state index in [1.165, 1.54) is 7.05 Å². The number of hydrogen-bond acceptors (Lipinski definition) is 6. The summed E-state index contributed by atoms with van der Waals surface area (Å²) in [5.41, 5.74) is 1.91. The molecule has 1 aliphatic rings. The molecule has 0 saturated heterocycles. The van der Waals surface area contributed by atoms with Gasteiger partial charge in [0.1, 0.15) is 12.4 Å². The largest absolute Gasteiger partial charge is 0.445 e. The van der Waals surface area contributed by atoms with Gasteiger partial charge in [0.15, 0.2) is 0 Å². The molecule has 2 heterocycles. The molecule has 29 heavy (non-hydrogen) atoms. The third-order valence-electron chi connectivity index (χ3n) is 5.30. The van der Waals surface area contributed by atoms with Crippen LogP contribution in [0.1, 0.15) is 31.2 Å². The maximum Gasteiger partial charge on any atom is 0.407 e. The van der Waals surface area contributed by atoms with E-state index in [2.05, 4.69) is 20.6 Å². The van der Waals surface area contributed by atoms with Crippen LogP contribution in [0, 0.1) is 0 Å². The third kappa shape index (κ3) is 4.32. The van der Waals surface area contributed by atoms with Crippen LogP contribution in [0.4, 0.5) is 10.7 Å². The number of ether oxygens (including phenoxy) is 1. The zero-order valence-electron chi connectivity index (χ0n) is 16.3. The number of aromatic nitrogens is 3. The van der Waals surface area contributed by atoms with Gasteiger partial charge in [-0.15, -0.1) is 0 Å². The van der Waals surface area contributed by atoms with Crippen molar-refractivity contribution >= 4 is 22.9 Å². The lowest BCUT2D eigenvalue weighted by Crippen LogP contribution is -2.29. The minimum absolute atomic E-state index is 0.187. The number of alkyl carbamates (subject to hydrolysis) is 1. The van der Waals surface area contributed by atoms with E-state index in [0.29, 0.717) is 5.95 Å². The molecule has 4 rings (SSSR count). The molecule has 2 aromatic heterocycles. The van der Waals surface area contributed by atoms with Crippen molar-refractivity contribution in [1.29, 1.82) is 0 Å². The second kappa shape index (κ2) is 8.48. The van der Waals surface area contributed by atoms with Crippen molar-refractivity contribution in [2.45, 2.75) is 44.4 Å². The van der Waals surface area contributed by atoms with Crippen LogP contribution in [-0.2, 0) is 11.3 Å². The Morgan fingerprint density at radius 1 is 1.24 bits per heavy atom. The number of fused-ring (bicyclic) bond motifs is 1. The van der Waals surface area contributed by atoms with Crippen LogP contribution >= 0.6 is 0 Å². The normalized spacial score (nSPS) is 19.1. The lowest BCUT2D eigenvalue weighted by Gasteiger charge is -2.26. The molecule has 1 aliphatic carbocycles. The maximum atomic E-state index is 11.4.